The van der Waals surface area contributed by atoms with Crippen LogP contribution in [0.25, 0.3) is 10.4 Å². The average Bonchev–Trinajstić information content (AvgIpc) is 3.23. The van der Waals surface area contributed by atoms with E-state index in [1.54, 1.807) is 11.3 Å². The summed E-state index contributed by atoms with van der Waals surface area (Å²) in [6, 6.07) is 14.5. The fourth-order valence-corrected chi connectivity index (χ4v) is 4.27. The van der Waals surface area contributed by atoms with Crippen molar-refractivity contribution in [2.45, 2.75) is 19.9 Å². The number of ether oxygens (including phenoxy) is 1. The first-order valence-corrected chi connectivity index (χ1v) is 10.9. The van der Waals surface area contributed by atoms with Crippen molar-refractivity contribution in [2.24, 2.45) is 0 Å². The minimum absolute atomic E-state index is 0.803. The topological polar surface area (TPSA) is 53.5 Å². The zero-order valence-corrected chi connectivity index (χ0v) is 17.6. The van der Waals surface area contributed by atoms with Gasteiger partial charge in [-0.2, -0.15) is 0 Å². The summed E-state index contributed by atoms with van der Waals surface area (Å²) < 4.78 is 5.50. The van der Waals surface area contributed by atoms with E-state index in [2.05, 4.69) is 56.5 Å². The van der Waals surface area contributed by atoms with Crippen molar-refractivity contribution in [1.29, 1.82) is 0 Å². The second-order valence-corrected chi connectivity index (χ2v) is 8.05. The molecule has 1 aliphatic rings. The molecule has 1 aliphatic heterocycles. The summed E-state index contributed by atoms with van der Waals surface area (Å²) >= 11 is 1.64. The fraction of sp³-hybridized carbons (Fsp3) is 0.364. The number of hydrogen-bond acceptors (Lipinski definition) is 7. The minimum atomic E-state index is 0.803. The molecule has 0 bridgehead atoms. The van der Waals surface area contributed by atoms with Gasteiger partial charge in [-0.15, -0.1) is 0 Å². The number of hydrogen-bond donors (Lipinski definition) is 1. The average molecular weight is 410 g/mol. The number of aromatic nitrogens is 2. The molecule has 2 aromatic heterocycles. The van der Waals surface area contributed by atoms with Crippen molar-refractivity contribution in [1.82, 2.24) is 20.0 Å². The molecule has 1 aromatic carbocycles. The van der Waals surface area contributed by atoms with Gasteiger partial charge in [0.15, 0.2) is 5.13 Å². The quantitative estimate of drug-likeness (QED) is 0.595. The first-order chi connectivity index (χ1) is 14.3. The highest BCUT2D eigenvalue weighted by Crippen LogP contribution is 2.30. The summed E-state index contributed by atoms with van der Waals surface area (Å²) in [5, 5.41) is 9.06. The second kappa shape index (κ2) is 9.93. The maximum Gasteiger partial charge on any atom is 0.188 e. The lowest BCUT2D eigenvalue weighted by Crippen LogP contribution is -2.48. The Balaban J connectivity index is 1.43. The van der Waals surface area contributed by atoms with E-state index in [0.29, 0.717) is 0 Å². The van der Waals surface area contributed by atoms with Gasteiger partial charge in [-0.3, -0.25) is 0 Å². The standard InChI is InChI=1S/C22H27N5OS/c1-2-10-27(26-11-13-28-14-12-26)17-18-8-9-23-21(15-18)25-22-24-16-20(29-22)19-6-4-3-5-7-19/h3-9,15-16H,2,10-14,17H2,1H3,(H,23,24,25). The molecule has 0 radical (unpaired) electrons. The van der Waals surface area contributed by atoms with Crippen LogP contribution in [0.3, 0.4) is 0 Å². The van der Waals surface area contributed by atoms with Gasteiger partial charge in [-0.05, 0) is 29.7 Å². The maximum atomic E-state index is 5.50. The lowest BCUT2D eigenvalue weighted by molar-refractivity contribution is -0.0952. The highest BCUT2D eigenvalue weighted by atomic mass is 32.1. The molecule has 7 heteroatoms. The molecule has 152 valence electrons. The second-order valence-electron chi connectivity index (χ2n) is 7.02. The molecule has 0 saturated carbocycles. The van der Waals surface area contributed by atoms with Crippen LogP contribution in [-0.4, -0.2) is 52.8 Å². The summed E-state index contributed by atoms with van der Waals surface area (Å²) in [5.41, 5.74) is 2.42. The minimum Gasteiger partial charge on any atom is -0.379 e. The number of hydrazine groups is 1. The van der Waals surface area contributed by atoms with Crippen LogP contribution < -0.4 is 5.32 Å². The van der Waals surface area contributed by atoms with Crippen molar-refractivity contribution >= 4 is 22.3 Å². The van der Waals surface area contributed by atoms with Crippen LogP contribution in [0.4, 0.5) is 10.9 Å². The van der Waals surface area contributed by atoms with E-state index in [0.717, 1.165) is 61.6 Å². The van der Waals surface area contributed by atoms with Crippen LogP contribution in [0, 0.1) is 0 Å². The highest BCUT2D eigenvalue weighted by molar-refractivity contribution is 7.18. The number of benzene rings is 1. The Labute approximate surface area is 176 Å². The van der Waals surface area contributed by atoms with Crippen LogP contribution in [0.2, 0.25) is 0 Å². The molecule has 3 heterocycles. The van der Waals surface area contributed by atoms with Crippen LogP contribution >= 0.6 is 11.3 Å². The number of nitrogens with one attached hydrogen (secondary N) is 1. The molecule has 0 atom stereocenters. The summed E-state index contributed by atoms with van der Waals surface area (Å²) in [7, 11) is 0. The number of morpholine rings is 1. The zero-order valence-electron chi connectivity index (χ0n) is 16.8. The molecule has 0 unspecified atom stereocenters. The third-order valence-corrected chi connectivity index (χ3v) is 5.82. The molecular weight excluding hydrogens is 382 g/mol. The Morgan fingerprint density at radius 3 is 2.76 bits per heavy atom. The number of pyridine rings is 1. The molecule has 6 nitrogen and oxygen atoms in total. The number of thiazole rings is 1. The molecule has 0 aliphatic carbocycles. The smallest absolute Gasteiger partial charge is 0.188 e. The van der Waals surface area contributed by atoms with E-state index in [4.69, 9.17) is 4.74 Å². The predicted molar refractivity (Wildman–Crippen MR) is 118 cm³/mol. The van der Waals surface area contributed by atoms with Gasteiger partial charge < -0.3 is 10.1 Å². The molecule has 0 amide bonds. The van der Waals surface area contributed by atoms with Gasteiger partial charge in [0.1, 0.15) is 5.82 Å². The summed E-state index contributed by atoms with van der Waals surface area (Å²) in [5.74, 6) is 0.829. The molecule has 3 aromatic rings. The van der Waals surface area contributed by atoms with Gasteiger partial charge >= 0.3 is 0 Å². The molecule has 1 fully saturated rings. The molecule has 29 heavy (non-hydrogen) atoms. The number of rotatable bonds is 8. The van der Waals surface area contributed by atoms with Crippen LogP contribution in [0.15, 0.2) is 54.9 Å². The Kier molecular flexibility index (Phi) is 6.84. The van der Waals surface area contributed by atoms with Crippen molar-refractivity contribution in [3.05, 3.63) is 60.4 Å². The summed E-state index contributed by atoms with van der Waals surface area (Å²) in [4.78, 5) is 10.1. The highest BCUT2D eigenvalue weighted by Gasteiger charge is 2.18. The van der Waals surface area contributed by atoms with Gasteiger partial charge in [-0.1, -0.05) is 48.6 Å². The monoisotopic (exact) mass is 409 g/mol. The van der Waals surface area contributed by atoms with Gasteiger partial charge in [0.2, 0.25) is 0 Å². The first-order valence-electron chi connectivity index (χ1n) is 10.1. The van der Waals surface area contributed by atoms with Gasteiger partial charge in [-0.25, -0.2) is 20.0 Å². The van der Waals surface area contributed by atoms with Crippen molar-refractivity contribution < 1.29 is 4.74 Å². The number of anilines is 2. The van der Waals surface area contributed by atoms with E-state index in [1.165, 1.54) is 11.1 Å². The van der Waals surface area contributed by atoms with Crippen molar-refractivity contribution in [2.75, 3.05) is 38.2 Å². The molecular formula is C22H27N5OS. The normalized spacial score (nSPS) is 15.0. The van der Waals surface area contributed by atoms with Gasteiger partial charge in [0.25, 0.3) is 0 Å². The van der Waals surface area contributed by atoms with E-state index >= 15 is 0 Å². The predicted octanol–water partition coefficient (Wildman–Crippen LogP) is 4.41. The van der Waals surface area contributed by atoms with Gasteiger partial charge in [0, 0.05) is 38.6 Å². The lowest BCUT2D eigenvalue weighted by atomic mass is 10.2. The van der Waals surface area contributed by atoms with Crippen LogP contribution in [0.5, 0.6) is 0 Å². The molecule has 1 saturated heterocycles. The third-order valence-electron chi connectivity index (χ3n) is 4.86. The SMILES string of the molecule is CCCN(Cc1ccnc(Nc2ncc(-c3ccccc3)s2)c1)N1CCOCC1. The Bertz CT molecular complexity index is 895. The summed E-state index contributed by atoms with van der Waals surface area (Å²) in [6.45, 7) is 7.65. The maximum absolute atomic E-state index is 5.50. The Morgan fingerprint density at radius 1 is 1.14 bits per heavy atom. The lowest BCUT2D eigenvalue weighted by Gasteiger charge is -2.37. The van der Waals surface area contributed by atoms with Gasteiger partial charge in [0.05, 0.1) is 18.1 Å². The van der Waals surface area contributed by atoms with Crippen molar-refractivity contribution in [3.63, 3.8) is 0 Å². The fourth-order valence-electron chi connectivity index (χ4n) is 3.44. The van der Waals surface area contributed by atoms with E-state index in [9.17, 15) is 0 Å². The third kappa shape index (κ3) is 5.39. The van der Waals surface area contributed by atoms with Crippen LogP contribution in [-0.2, 0) is 11.3 Å². The Hall–Kier alpha value is -2.32. The van der Waals surface area contributed by atoms with Crippen molar-refractivity contribution in [3.8, 4) is 10.4 Å². The van der Waals surface area contributed by atoms with Crippen LogP contribution in [0.1, 0.15) is 18.9 Å². The molecule has 0 spiro atoms. The summed E-state index contributed by atoms with van der Waals surface area (Å²) in [6.07, 6.45) is 4.90. The van der Waals surface area contributed by atoms with E-state index in [1.807, 2.05) is 30.6 Å². The largest absolute Gasteiger partial charge is 0.379 e. The number of nitrogens with zero attached hydrogens (tertiary/aromatic N) is 4. The zero-order chi connectivity index (χ0) is 19.9. The Morgan fingerprint density at radius 2 is 1.97 bits per heavy atom. The molecule has 4 rings (SSSR count). The first kappa shape index (κ1) is 20.0. The van der Waals surface area contributed by atoms with E-state index in [-0.39, 0.29) is 0 Å². The van der Waals surface area contributed by atoms with E-state index < -0.39 is 0 Å². The molecule has 1 N–H and O–H groups in total.